The third-order valence-electron chi connectivity index (χ3n) is 4.15. The first-order chi connectivity index (χ1) is 9.00. The number of urea groups is 1. The number of carbonyl (C=O) groups is 2. The van der Waals surface area contributed by atoms with Gasteiger partial charge in [-0.05, 0) is 46.3 Å². The molecule has 0 spiro atoms. The van der Waals surface area contributed by atoms with Crippen molar-refractivity contribution in [2.75, 3.05) is 27.2 Å². The van der Waals surface area contributed by atoms with Gasteiger partial charge in [-0.15, -0.1) is 0 Å². The van der Waals surface area contributed by atoms with E-state index in [1.54, 1.807) is 4.90 Å². The second-order valence-corrected chi connectivity index (χ2v) is 5.77. The monoisotopic (exact) mass is 269 g/mol. The van der Waals surface area contributed by atoms with Gasteiger partial charge in [0.2, 0.25) is 0 Å². The Morgan fingerprint density at radius 1 is 1.37 bits per heavy atom. The maximum Gasteiger partial charge on any atom is 0.317 e. The van der Waals surface area contributed by atoms with Crippen LogP contribution in [0.1, 0.15) is 25.7 Å². The zero-order valence-corrected chi connectivity index (χ0v) is 11.6. The summed E-state index contributed by atoms with van der Waals surface area (Å²) in [4.78, 5) is 27.1. The minimum atomic E-state index is -0.766. The van der Waals surface area contributed by atoms with E-state index in [0.29, 0.717) is 13.0 Å². The lowest BCUT2D eigenvalue weighted by molar-refractivity contribution is -0.142. The van der Waals surface area contributed by atoms with E-state index in [9.17, 15) is 9.59 Å². The van der Waals surface area contributed by atoms with Gasteiger partial charge in [0.05, 0.1) is 5.92 Å². The molecule has 3 unspecified atom stereocenters. The Hall–Kier alpha value is -1.30. The highest BCUT2D eigenvalue weighted by Crippen LogP contribution is 2.41. The summed E-state index contributed by atoms with van der Waals surface area (Å²) in [5, 5.41) is 12.1. The predicted octanol–water partition coefficient (Wildman–Crippen LogP) is 0.585. The maximum absolute atomic E-state index is 12.1. The molecule has 0 aromatic heterocycles. The fraction of sp³-hybridized carbons (Fsp3) is 0.846. The van der Waals surface area contributed by atoms with Crippen LogP contribution >= 0.6 is 0 Å². The third kappa shape index (κ3) is 3.00. The molecular formula is C13H23N3O3. The quantitative estimate of drug-likeness (QED) is 0.716. The van der Waals surface area contributed by atoms with E-state index in [-0.39, 0.29) is 24.0 Å². The van der Waals surface area contributed by atoms with Crippen molar-refractivity contribution in [3.8, 4) is 0 Å². The molecule has 2 saturated heterocycles. The number of nitrogens with zero attached hydrogens (tertiary/aromatic N) is 2. The van der Waals surface area contributed by atoms with E-state index in [2.05, 4.69) is 10.2 Å². The molecule has 0 aliphatic carbocycles. The summed E-state index contributed by atoms with van der Waals surface area (Å²) in [5.41, 5.74) is 0. The van der Waals surface area contributed by atoms with E-state index < -0.39 is 5.97 Å². The summed E-state index contributed by atoms with van der Waals surface area (Å²) in [6, 6.07) is -0.0636. The summed E-state index contributed by atoms with van der Waals surface area (Å²) >= 11 is 0. The number of carboxylic acids is 1. The molecule has 2 fully saturated rings. The van der Waals surface area contributed by atoms with Crippen molar-refractivity contribution in [2.24, 2.45) is 5.92 Å². The molecule has 19 heavy (non-hydrogen) atoms. The van der Waals surface area contributed by atoms with Crippen molar-refractivity contribution in [1.29, 1.82) is 0 Å². The Labute approximate surface area is 113 Å². The molecule has 0 aromatic carbocycles. The molecule has 2 bridgehead atoms. The van der Waals surface area contributed by atoms with Crippen molar-refractivity contribution in [1.82, 2.24) is 15.1 Å². The van der Waals surface area contributed by atoms with Gasteiger partial charge in [-0.25, -0.2) is 4.79 Å². The maximum atomic E-state index is 12.1. The number of nitrogens with one attached hydrogen (secondary N) is 1. The number of carboxylic acid groups (broad SMARTS) is 1. The topological polar surface area (TPSA) is 72.9 Å². The van der Waals surface area contributed by atoms with E-state index in [1.165, 1.54) is 0 Å². The fourth-order valence-electron chi connectivity index (χ4n) is 3.25. The molecule has 2 rings (SSSR count). The molecule has 6 nitrogen and oxygen atoms in total. The summed E-state index contributed by atoms with van der Waals surface area (Å²) in [6.07, 6.45) is 3.29. The number of fused-ring (bicyclic) bond motifs is 2. The van der Waals surface area contributed by atoms with Crippen LogP contribution in [0, 0.1) is 5.92 Å². The second kappa shape index (κ2) is 5.77. The molecule has 2 N–H and O–H groups in total. The highest BCUT2D eigenvalue weighted by Gasteiger charge is 2.51. The Morgan fingerprint density at radius 3 is 2.68 bits per heavy atom. The average Bonchev–Trinajstić information content (AvgIpc) is 2.91. The molecule has 0 aromatic rings. The number of hydrogen-bond acceptors (Lipinski definition) is 3. The van der Waals surface area contributed by atoms with E-state index in [4.69, 9.17) is 5.11 Å². The fourth-order valence-corrected chi connectivity index (χ4v) is 3.25. The number of carbonyl (C=O) groups excluding carboxylic acids is 1. The van der Waals surface area contributed by atoms with E-state index >= 15 is 0 Å². The van der Waals surface area contributed by atoms with Crippen molar-refractivity contribution < 1.29 is 14.7 Å². The van der Waals surface area contributed by atoms with Gasteiger partial charge in [-0.1, -0.05) is 0 Å². The molecule has 108 valence electrons. The van der Waals surface area contributed by atoms with Gasteiger partial charge in [0.1, 0.15) is 0 Å². The van der Waals surface area contributed by atoms with Crippen LogP contribution in [-0.4, -0.2) is 66.2 Å². The van der Waals surface area contributed by atoms with E-state index in [1.807, 2.05) is 14.1 Å². The normalized spacial score (nSPS) is 29.0. The second-order valence-electron chi connectivity index (χ2n) is 5.77. The first-order valence-electron chi connectivity index (χ1n) is 6.94. The van der Waals surface area contributed by atoms with Gasteiger partial charge in [0.15, 0.2) is 0 Å². The number of hydrogen-bond donors (Lipinski definition) is 2. The van der Waals surface area contributed by atoms with Crippen LogP contribution in [0.15, 0.2) is 0 Å². The molecule has 2 aliphatic rings. The van der Waals surface area contributed by atoms with Crippen LogP contribution < -0.4 is 5.32 Å². The summed E-state index contributed by atoms with van der Waals surface area (Å²) < 4.78 is 0. The summed E-state index contributed by atoms with van der Waals surface area (Å²) in [6.45, 7) is 1.58. The van der Waals surface area contributed by atoms with Crippen LogP contribution in [0.3, 0.4) is 0 Å². The number of aliphatic carboxylic acids is 1. The molecular weight excluding hydrogens is 246 g/mol. The minimum absolute atomic E-state index is 0.0880. The zero-order chi connectivity index (χ0) is 14.0. The third-order valence-corrected chi connectivity index (χ3v) is 4.15. The van der Waals surface area contributed by atoms with Crippen molar-refractivity contribution in [3.05, 3.63) is 0 Å². The predicted molar refractivity (Wildman–Crippen MR) is 71.0 cm³/mol. The van der Waals surface area contributed by atoms with Gasteiger partial charge in [-0.3, -0.25) is 4.79 Å². The highest BCUT2D eigenvalue weighted by atomic mass is 16.4. The Kier molecular flexibility index (Phi) is 4.29. The van der Waals surface area contributed by atoms with Crippen LogP contribution in [0.4, 0.5) is 4.79 Å². The Balaban J connectivity index is 1.82. The van der Waals surface area contributed by atoms with Crippen molar-refractivity contribution in [2.45, 2.75) is 37.8 Å². The van der Waals surface area contributed by atoms with Gasteiger partial charge < -0.3 is 20.2 Å². The Bertz CT molecular complexity index is 359. The van der Waals surface area contributed by atoms with Crippen molar-refractivity contribution in [3.63, 3.8) is 0 Å². The molecule has 2 amide bonds. The zero-order valence-electron chi connectivity index (χ0n) is 11.6. The van der Waals surface area contributed by atoms with Gasteiger partial charge >= 0.3 is 12.0 Å². The molecule has 3 atom stereocenters. The van der Waals surface area contributed by atoms with Crippen LogP contribution in [0.25, 0.3) is 0 Å². The standard InChI is InChI=1S/C13H23N3O3/c1-15(2)7-3-6-14-13(19)16-9-4-5-11(16)10(8-9)12(17)18/h9-11H,3-8H2,1-2H3,(H,14,19)(H,17,18). The molecule has 0 radical (unpaired) electrons. The minimum Gasteiger partial charge on any atom is -0.481 e. The first kappa shape index (κ1) is 14.1. The van der Waals surface area contributed by atoms with Crippen LogP contribution in [0.5, 0.6) is 0 Å². The number of amides is 2. The van der Waals surface area contributed by atoms with Crippen molar-refractivity contribution >= 4 is 12.0 Å². The van der Waals surface area contributed by atoms with Crippen LogP contribution in [0.2, 0.25) is 0 Å². The number of rotatable bonds is 5. The Morgan fingerprint density at radius 2 is 2.11 bits per heavy atom. The molecule has 0 saturated carbocycles. The van der Waals surface area contributed by atoms with Gasteiger partial charge in [-0.2, -0.15) is 0 Å². The van der Waals surface area contributed by atoms with Gasteiger partial charge in [0, 0.05) is 18.6 Å². The molecule has 6 heteroatoms. The van der Waals surface area contributed by atoms with Crippen LogP contribution in [-0.2, 0) is 4.79 Å². The first-order valence-corrected chi connectivity index (χ1v) is 6.94. The summed E-state index contributed by atoms with van der Waals surface area (Å²) in [5.74, 6) is -1.14. The summed E-state index contributed by atoms with van der Waals surface area (Å²) in [7, 11) is 4.00. The largest absolute Gasteiger partial charge is 0.481 e. The lowest BCUT2D eigenvalue weighted by Gasteiger charge is -2.23. The SMILES string of the molecule is CN(C)CCCNC(=O)N1C2CCC1C(C(=O)O)C2. The van der Waals surface area contributed by atoms with Gasteiger partial charge in [0.25, 0.3) is 0 Å². The molecule has 2 heterocycles. The highest BCUT2D eigenvalue weighted by molar-refractivity contribution is 5.79. The van der Waals surface area contributed by atoms with E-state index in [0.717, 1.165) is 25.8 Å². The molecule has 2 aliphatic heterocycles. The average molecular weight is 269 g/mol. The lowest BCUT2D eigenvalue weighted by atomic mass is 9.89. The smallest absolute Gasteiger partial charge is 0.317 e. The lowest BCUT2D eigenvalue weighted by Crippen LogP contribution is -2.44.